The maximum absolute atomic E-state index is 4.00. The van der Waals surface area contributed by atoms with Crippen molar-refractivity contribution in [3.05, 3.63) is 11.1 Å². The molecule has 0 saturated carbocycles. The summed E-state index contributed by atoms with van der Waals surface area (Å²) in [6.45, 7) is 8.66. The van der Waals surface area contributed by atoms with Crippen LogP contribution in [0.2, 0.25) is 0 Å². The average Bonchev–Trinajstić information content (AvgIpc) is 1.91. The first kappa shape index (κ1) is 16.3. The van der Waals surface area contributed by atoms with Gasteiger partial charge in [0.1, 0.15) is 0 Å². The van der Waals surface area contributed by atoms with Crippen molar-refractivity contribution in [3.63, 3.8) is 0 Å². The van der Waals surface area contributed by atoms with E-state index in [1.165, 1.54) is 17.6 Å². The number of halogens is 1. The van der Waals surface area contributed by atoms with E-state index in [1.54, 1.807) is 0 Å². The molecule has 0 heterocycles. The van der Waals surface area contributed by atoms with E-state index < -0.39 is 0 Å². The molecule has 0 atom stereocenters. The summed E-state index contributed by atoms with van der Waals surface area (Å²) in [6, 6.07) is 0. The SMILES string of the molecule is CCC(C)=C(C)C.F.NN. The summed E-state index contributed by atoms with van der Waals surface area (Å²) in [5.74, 6) is 8.00. The summed E-state index contributed by atoms with van der Waals surface area (Å²) in [4.78, 5) is 0. The maximum atomic E-state index is 4.00. The van der Waals surface area contributed by atoms with Crippen LogP contribution in [-0.4, -0.2) is 0 Å². The van der Waals surface area contributed by atoms with Crippen LogP contribution in [0.15, 0.2) is 11.1 Å². The first-order chi connectivity index (χ1) is 4.18. The minimum atomic E-state index is 0. The van der Waals surface area contributed by atoms with Crippen molar-refractivity contribution in [2.75, 3.05) is 0 Å². The first-order valence-corrected chi connectivity index (χ1v) is 3.14. The molecule has 0 saturated heterocycles. The fraction of sp³-hybridized carbons (Fsp3) is 0.714. The van der Waals surface area contributed by atoms with Gasteiger partial charge in [-0.05, 0) is 27.2 Å². The first-order valence-electron chi connectivity index (χ1n) is 3.14. The largest absolute Gasteiger partial charge is 0.274 e. The third-order valence-corrected chi connectivity index (χ3v) is 1.38. The van der Waals surface area contributed by atoms with E-state index >= 15 is 0 Å². The van der Waals surface area contributed by atoms with Crippen LogP contribution >= 0.6 is 0 Å². The molecule has 0 amide bonds. The molecule has 2 nitrogen and oxygen atoms in total. The van der Waals surface area contributed by atoms with Crippen LogP contribution in [0.4, 0.5) is 4.70 Å². The van der Waals surface area contributed by atoms with Gasteiger partial charge in [0.15, 0.2) is 0 Å². The Morgan fingerprint density at radius 1 is 1.10 bits per heavy atom. The van der Waals surface area contributed by atoms with Gasteiger partial charge >= 0.3 is 0 Å². The van der Waals surface area contributed by atoms with E-state index in [1.807, 2.05) is 0 Å². The van der Waals surface area contributed by atoms with Crippen LogP contribution in [0.5, 0.6) is 0 Å². The predicted molar refractivity (Wildman–Crippen MR) is 45.2 cm³/mol. The van der Waals surface area contributed by atoms with Crippen LogP contribution in [0, 0.1) is 0 Å². The summed E-state index contributed by atoms with van der Waals surface area (Å²) in [7, 11) is 0. The Hall–Kier alpha value is -0.410. The van der Waals surface area contributed by atoms with Crippen molar-refractivity contribution in [2.24, 2.45) is 11.7 Å². The molecular weight excluding hydrogens is 131 g/mol. The fourth-order valence-electron chi connectivity index (χ4n) is 0.354. The number of hydrogen-bond donors (Lipinski definition) is 2. The number of rotatable bonds is 1. The van der Waals surface area contributed by atoms with Crippen LogP contribution < -0.4 is 11.7 Å². The molecule has 0 aliphatic carbocycles. The number of nitrogens with two attached hydrogens (primary N) is 2. The molecule has 0 rings (SSSR count). The summed E-state index contributed by atoms with van der Waals surface area (Å²) in [6.07, 6.45) is 1.20. The molecule has 0 aromatic rings. The lowest BCUT2D eigenvalue weighted by atomic mass is 10.1. The van der Waals surface area contributed by atoms with Gasteiger partial charge in [-0.3, -0.25) is 16.4 Å². The van der Waals surface area contributed by atoms with E-state index in [0.29, 0.717) is 0 Å². The zero-order valence-corrected chi connectivity index (χ0v) is 7.27. The lowest BCUT2D eigenvalue weighted by Crippen LogP contribution is -2.02. The molecule has 0 bridgehead atoms. The summed E-state index contributed by atoms with van der Waals surface area (Å²) < 4.78 is 0. The van der Waals surface area contributed by atoms with Gasteiger partial charge in [0.2, 0.25) is 0 Å². The summed E-state index contributed by atoms with van der Waals surface area (Å²) in [5.41, 5.74) is 2.97. The molecule has 64 valence electrons. The number of hydrazine groups is 1. The van der Waals surface area contributed by atoms with Crippen molar-refractivity contribution in [3.8, 4) is 0 Å². The summed E-state index contributed by atoms with van der Waals surface area (Å²) >= 11 is 0. The second-order valence-electron chi connectivity index (χ2n) is 2.13. The maximum Gasteiger partial charge on any atom is -0.0349 e. The van der Waals surface area contributed by atoms with Gasteiger partial charge in [-0.15, -0.1) is 0 Å². The Morgan fingerprint density at radius 3 is 1.40 bits per heavy atom. The second kappa shape index (κ2) is 11.4. The molecule has 0 aliphatic heterocycles. The number of allylic oxidation sites excluding steroid dienone is 2. The Bertz CT molecular complexity index is 85.6. The molecule has 3 heteroatoms. The molecule has 0 radical (unpaired) electrons. The lowest BCUT2D eigenvalue weighted by Gasteiger charge is -1.94. The second-order valence-corrected chi connectivity index (χ2v) is 2.13. The standard InChI is InChI=1S/C7H14.FH.H4N2/c1-5-7(4)6(2)3;;1-2/h5H2,1-4H3;1H;1-2H2. The molecule has 4 N–H and O–H groups in total. The zero-order valence-electron chi connectivity index (χ0n) is 7.27. The van der Waals surface area contributed by atoms with Gasteiger partial charge in [-0.1, -0.05) is 18.1 Å². The number of hydrogen-bond acceptors (Lipinski definition) is 2. The van der Waals surface area contributed by atoms with Crippen molar-refractivity contribution in [2.45, 2.75) is 34.1 Å². The van der Waals surface area contributed by atoms with Gasteiger partial charge in [-0.2, -0.15) is 0 Å². The van der Waals surface area contributed by atoms with E-state index in [2.05, 4.69) is 39.4 Å². The third-order valence-electron chi connectivity index (χ3n) is 1.38. The van der Waals surface area contributed by atoms with E-state index in [4.69, 9.17) is 0 Å². The van der Waals surface area contributed by atoms with E-state index in [0.717, 1.165) is 0 Å². The molecule has 0 aliphatic rings. The Labute approximate surface area is 62.6 Å². The van der Waals surface area contributed by atoms with Gasteiger partial charge in [-0.25, -0.2) is 0 Å². The van der Waals surface area contributed by atoms with Gasteiger partial charge in [0, 0.05) is 0 Å². The van der Waals surface area contributed by atoms with Crippen molar-refractivity contribution < 1.29 is 4.70 Å². The monoisotopic (exact) mass is 150 g/mol. The molecule has 0 aromatic carbocycles. The topological polar surface area (TPSA) is 52.0 Å². The van der Waals surface area contributed by atoms with Crippen molar-refractivity contribution in [1.82, 2.24) is 0 Å². The zero-order chi connectivity index (χ0) is 7.86. The van der Waals surface area contributed by atoms with E-state index in [9.17, 15) is 0 Å². The van der Waals surface area contributed by atoms with Gasteiger partial charge < -0.3 is 0 Å². The van der Waals surface area contributed by atoms with Gasteiger partial charge in [0.25, 0.3) is 0 Å². The quantitative estimate of drug-likeness (QED) is 0.340. The van der Waals surface area contributed by atoms with Gasteiger partial charge in [0.05, 0.1) is 0 Å². The Balaban J connectivity index is -0.000000149. The molecule has 0 spiro atoms. The predicted octanol–water partition coefficient (Wildman–Crippen LogP) is 1.72. The summed E-state index contributed by atoms with van der Waals surface area (Å²) in [5, 5.41) is 0. The highest BCUT2D eigenvalue weighted by atomic mass is 19.0. The van der Waals surface area contributed by atoms with Crippen molar-refractivity contribution in [1.29, 1.82) is 0 Å². The minimum Gasteiger partial charge on any atom is -0.274 e. The van der Waals surface area contributed by atoms with Crippen molar-refractivity contribution >= 4 is 0 Å². The fourth-order valence-corrected chi connectivity index (χ4v) is 0.354. The molecule has 0 unspecified atom stereocenters. The molecule has 10 heavy (non-hydrogen) atoms. The highest BCUT2D eigenvalue weighted by Gasteiger charge is 1.82. The Morgan fingerprint density at radius 2 is 1.40 bits per heavy atom. The molecule has 0 fully saturated rings. The molecule has 0 aromatic heterocycles. The third kappa shape index (κ3) is 10.5. The highest BCUT2D eigenvalue weighted by molar-refractivity contribution is 5.05. The molecular formula is C7H19FN2. The highest BCUT2D eigenvalue weighted by Crippen LogP contribution is 2.04. The van der Waals surface area contributed by atoms with E-state index in [-0.39, 0.29) is 4.70 Å². The lowest BCUT2D eigenvalue weighted by molar-refractivity contribution is 1.05. The average molecular weight is 150 g/mol. The van der Waals surface area contributed by atoms with Crippen LogP contribution in [0.25, 0.3) is 0 Å². The van der Waals surface area contributed by atoms with Crippen LogP contribution in [-0.2, 0) is 0 Å². The van der Waals surface area contributed by atoms with Crippen LogP contribution in [0.1, 0.15) is 34.1 Å². The normalized spacial score (nSPS) is 6.60. The Kier molecular flexibility index (Phi) is 18.6. The van der Waals surface area contributed by atoms with Crippen LogP contribution in [0.3, 0.4) is 0 Å². The minimum absolute atomic E-state index is 0. The smallest absolute Gasteiger partial charge is 0.0349 e.